The SMILES string of the molecule is COc1ccc(-c2nc(C)no2)cc1CC(=O)N[C@H](C(=O)NC(CC(=O)O)C(=O)CN(C)CC1CCCC1)C(C)C. The number of aryl methyl sites for hydroxylation is 1. The van der Waals surface area contributed by atoms with Crippen molar-refractivity contribution in [3.63, 3.8) is 0 Å². The minimum atomic E-state index is -1.21. The molecule has 0 radical (unpaired) electrons. The number of benzene rings is 1. The lowest BCUT2D eigenvalue weighted by Crippen LogP contribution is -2.55. The van der Waals surface area contributed by atoms with E-state index in [1.54, 1.807) is 39.0 Å². The summed E-state index contributed by atoms with van der Waals surface area (Å²) in [5.41, 5.74) is 1.16. The standard InChI is InChI=1S/C29H41N5O7/c1-17(2)27(28(39)31-22(14-26(37)38)23(35)16-34(4)15-19-8-6-7-9-19)32-25(36)13-21-12-20(10-11-24(21)40-5)29-30-18(3)33-41-29/h10-12,17,19,22,27H,6-9,13-16H2,1-5H3,(H,31,39)(H,32,36)(H,37,38)/t22?,27-/m0/s1. The minimum absolute atomic E-state index is 0.0309. The molecule has 0 aliphatic heterocycles. The predicted molar refractivity (Wildman–Crippen MR) is 150 cm³/mol. The Bertz CT molecular complexity index is 1220. The van der Waals surface area contributed by atoms with Gasteiger partial charge < -0.3 is 25.0 Å². The van der Waals surface area contributed by atoms with Gasteiger partial charge >= 0.3 is 5.97 Å². The molecule has 12 heteroatoms. The van der Waals surface area contributed by atoms with E-state index in [0.29, 0.717) is 34.5 Å². The van der Waals surface area contributed by atoms with E-state index in [4.69, 9.17) is 9.26 Å². The van der Waals surface area contributed by atoms with Crippen molar-refractivity contribution in [2.45, 2.75) is 71.4 Å². The maximum Gasteiger partial charge on any atom is 0.305 e. The third-order valence-corrected chi connectivity index (χ3v) is 7.23. The van der Waals surface area contributed by atoms with E-state index < -0.39 is 36.3 Å². The van der Waals surface area contributed by atoms with Crippen molar-refractivity contribution in [2.75, 3.05) is 27.2 Å². The van der Waals surface area contributed by atoms with Gasteiger partial charge in [-0.1, -0.05) is 31.8 Å². The number of carboxylic acid groups (broad SMARTS) is 1. The first kappa shape index (κ1) is 31.7. The summed E-state index contributed by atoms with van der Waals surface area (Å²) in [7, 11) is 3.32. The number of carboxylic acids is 1. The number of nitrogens with one attached hydrogen (secondary N) is 2. The highest BCUT2D eigenvalue weighted by molar-refractivity contribution is 5.95. The topological polar surface area (TPSA) is 164 Å². The van der Waals surface area contributed by atoms with Crippen LogP contribution in [0, 0.1) is 18.8 Å². The Morgan fingerprint density at radius 3 is 2.46 bits per heavy atom. The van der Waals surface area contributed by atoms with Crippen LogP contribution in [0.2, 0.25) is 0 Å². The van der Waals surface area contributed by atoms with Crippen LogP contribution in [0.15, 0.2) is 22.7 Å². The van der Waals surface area contributed by atoms with E-state index >= 15 is 0 Å². The summed E-state index contributed by atoms with van der Waals surface area (Å²) >= 11 is 0. The van der Waals surface area contributed by atoms with Crippen molar-refractivity contribution in [1.29, 1.82) is 0 Å². The second-order valence-electron chi connectivity index (χ2n) is 11.1. The van der Waals surface area contributed by atoms with E-state index in [9.17, 15) is 24.3 Å². The van der Waals surface area contributed by atoms with E-state index in [0.717, 1.165) is 19.4 Å². The second kappa shape index (κ2) is 14.7. The molecular formula is C29H41N5O7. The number of rotatable bonds is 15. The number of aromatic nitrogens is 2. The zero-order valence-corrected chi connectivity index (χ0v) is 24.4. The van der Waals surface area contributed by atoms with Crippen LogP contribution >= 0.6 is 0 Å². The largest absolute Gasteiger partial charge is 0.496 e. The van der Waals surface area contributed by atoms with Gasteiger partial charge in [-0.2, -0.15) is 4.98 Å². The highest BCUT2D eigenvalue weighted by Gasteiger charge is 2.31. The van der Waals surface area contributed by atoms with E-state index in [1.165, 1.54) is 20.0 Å². The fraction of sp³-hybridized carbons (Fsp3) is 0.586. The highest BCUT2D eigenvalue weighted by Crippen LogP contribution is 2.27. The van der Waals surface area contributed by atoms with Crippen LogP contribution in [-0.4, -0.2) is 83.0 Å². The average molecular weight is 572 g/mol. The Kier molecular flexibility index (Phi) is 11.4. The first-order chi connectivity index (χ1) is 19.5. The molecule has 1 fully saturated rings. The molecule has 1 aromatic carbocycles. The summed E-state index contributed by atoms with van der Waals surface area (Å²) in [6.45, 7) is 6.00. The van der Waals surface area contributed by atoms with Crippen molar-refractivity contribution in [3.05, 3.63) is 29.6 Å². The van der Waals surface area contributed by atoms with Gasteiger partial charge in [0.25, 0.3) is 5.89 Å². The lowest BCUT2D eigenvalue weighted by molar-refractivity contribution is -0.141. The number of ether oxygens (including phenoxy) is 1. The number of aliphatic carboxylic acids is 1. The molecule has 3 rings (SSSR count). The fourth-order valence-corrected chi connectivity index (χ4v) is 5.15. The molecule has 1 aromatic heterocycles. The molecule has 1 heterocycles. The second-order valence-corrected chi connectivity index (χ2v) is 11.1. The number of hydrogen-bond donors (Lipinski definition) is 3. The first-order valence-corrected chi connectivity index (χ1v) is 14.0. The van der Waals surface area contributed by atoms with Crippen molar-refractivity contribution in [1.82, 2.24) is 25.7 Å². The van der Waals surface area contributed by atoms with Gasteiger partial charge in [0.15, 0.2) is 11.6 Å². The van der Waals surface area contributed by atoms with Gasteiger partial charge in [-0.25, -0.2) is 0 Å². The van der Waals surface area contributed by atoms with Crippen LogP contribution in [0.4, 0.5) is 0 Å². The van der Waals surface area contributed by atoms with Crippen molar-refractivity contribution >= 4 is 23.6 Å². The number of Topliss-reactive ketones (excluding diaryl/α,β-unsaturated/α-hetero) is 1. The van der Waals surface area contributed by atoms with Gasteiger partial charge in [-0.15, -0.1) is 0 Å². The third kappa shape index (κ3) is 9.38. The van der Waals surface area contributed by atoms with Crippen LogP contribution in [0.25, 0.3) is 11.5 Å². The van der Waals surface area contributed by atoms with Gasteiger partial charge in [-0.05, 0) is 56.8 Å². The van der Waals surface area contributed by atoms with Crippen LogP contribution < -0.4 is 15.4 Å². The molecule has 2 atom stereocenters. The maximum absolute atomic E-state index is 13.3. The van der Waals surface area contributed by atoms with Gasteiger partial charge in [-0.3, -0.25) is 24.1 Å². The molecule has 0 spiro atoms. The molecule has 1 aliphatic carbocycles. The van der Waals surface area contributed by atoms with Crippen molar-refractivity contribution in [2.24, 2.45) is 11.8 Å². The average Bonchev–Trinajstić information content (AvgIpc) is 3.58. The number of methoxy groups -OCH3 is 1. The van der Waals surface area contributed by atoms with Crippen LogP contribution in [0.3, 0.4) is 0 Å². The Labute approximate surface area is 240 Å². The molecule has 2 amide bonds. The van der Waals surface area contributed by atoms with Crippen molar-refractivity contribution < 1.29 is 33.5 Å². The molecule has 1 unspecified atom stereocenters. The highest BCUT2D eigenvalue weighted by atomic mass is 16.5. The van der Waals surface area contributed by atoms with E-state index in [2.05, 4.69) is 20.8 Å². The molecule has 0 saturated heterocycles. The summed E-state index contributed by atoms with van der Waals surface area (Å²) in [6.07, 6.45) is 3.96. The van der Waals surface area contributed by atoms with E-state index in [-0.39, 0.29) is 24.7 Å². The summed E-state index contributed by atoms with van der Waals surface area (Å²) in [4.78, 5) is 57.0. The molecule has 1 aliphatic rings. The molecule has 3 N–H and O–H groups in total. The zero-order chi connectivity index (χ0) is 30.1. The monoisotopic (exact) mass is 571 g/mol. The van der Waals surface area contributed by atoms with Gasteiger partial charge in [0.1, 0.15) is 11.8 Å². The summed E-state index contributed by atoms with van der Waals surface area (Å²) in [6, 6.07) is 2.94. The number of ketones is 1. The minimum Gasteiger partial charge on any atom is -0.496 e. The first-order valence-electron chi connectivity index (χ1n) is 14.0. The zero-order valence-electron chi connectivity index (χ0n) is 24.4. The van der Waals surface area contributed by atoms with Gasteiger partial charge in [0.2, 0.25) is 11.8 Å². The molecular weight excluding hydrogens is 530 g/mol. The molecule has 2 aromatic rings. The normalized spacial score (nSPS) is 15.1. The number of carbonyl (C=O) groups is 4. The molecule has 1 saturated carbocycles. The van der Waals surface area contributed by atoms with Gasteiger partial charge in [0.05, 0.1) is 32.5 Å². The Balaban J connectivity index is 1.67. The summed E-state index contributed by atoms with van der Waals surface area (Å²) in [5, 5.41) is 18.5. The Morgan fingerprint density at radius 1 is 1.17 bits per heavy atom. The predicted octanol–water partition coefficient (Wildman–Crippen LogP) is 2.39. The number of hydrogen-bond acceptors (Lipinski definition) is 9. The lowest BCUT2D eigenvalue weighted by Gasteiger charge is -2.26. The van der Waals surface area contributed by atoms with Crippen LogP contribution in [0.1, 0.15) is 57.3 Å². The number of amides is 2. The Hall–Kier alpha value is -3.80. The molecule has 41 heavy (non-hydrogen) atoms. The van der Waals surface area contributed by atoms with Crippen molar-refractivity contribution in [3.8, 4) is 17.2 Å². The van der Waals surface area contributed by atoms with E-state index in [1.807, 2.05) is 11.9 Å². The smallest absolute Gasteiger partial charge is 0.305 e. The number of carbonyl (C=O) groups excluding carboxylic acids is 3. The number of likely N-dealkylation sites (N-methyl/N-ethyl adjacent to an activating group) is 1. The molecule has 224 valence electrons. The fourth-order valence-electron chi connectivity index (χ4n) is 5.15. The summed E-state index contributed by atoms with van der Waals surface area (Å²) in [5.74, 6) is -1.21. The van der Waals surface area contributed by atoms with Gasteiger partial charge in [0, 0.05) is 17.7 Å². The number of nitrogens with zero attached hydrogens (tertiary/aromatic N) is 3. The molecule has 12 nitrogen and oxygen atoms in total. The third-order valence-electron chi connectivity index (χ3n) is 7.23. The Morgan fingerprint density at radius 2 is 1.88 bits per heavy atom. The summed E-state index contributed by atoms with van der Waals surface area (Å²) < 4.78 is 10.6. The van der Waals surface area contributed by atoms with Crippen LogP contribution in [0.5, 0.6) is 5.75 Å². The van der Waals surface area contributed by atoms with Crippen LogP contribution in [-0.2, 0) is 25.6 Å². The maximum atomic E-state index is 13.3. The lowest BCUT2D eigenvalue weighted by atomic mass is 10.0. The molecule has 0 bridgehead atoms. The quantitative estimate of drug-likeness (QED) is 0.289.